The van der Waals surface area contributed by atoms with E-state index < -0.39 is 0 Å². The van der Waals surface area contributed by atoms with Crippen LogP contribution in [0, 0.1) is 5.82 Å². The summed E-state index contributed by atoms with van der Waals surface area (Å²) >= 11 is 0. The standard InChI is InChI=1S/C22H22FN5O/c23-16-4-6-18(7-5-16)27-22(29)20-14-21(25-15-24-20)26-17-8-10-19(11-9-17)28-12-2-1-3-13-28/h4-11,14-15H,1-3,12-13H2,(H,27,29)(H,24,25,26). The summed E-state index contributed by atoms with van der Waals surface area (Å²) in [7, 11) is 0. The SMILES string of the molecule is O=C(Nc1ccc(F)cc1)c1cc(Nc2ccc(N3CCCCC3)cc2)ncn1. The van der Waals surface area contributed by atoms with Gasteiger partial charge in [0, 0.05) is 36.2 Å². The van der Waals surface area contributed by atoms with Crippen molar-refractivity contribution < 1.29 is 9.18 Å². The number of amides is 1. The van der Waals surface area contributed by atoms with Gasteiger partial charge in [-0.1, -0.05) is 0 Å². The Bertz CT molecular complexity index is 969. The minimum absolute atomic E-state index is 0.219. The molecular formula is C22H22FN5O. The highest BCUT2D eigenvalue weighted by Gasteiger charge is 2.12. The Morgan fingerprint density at radius 2 is 1.59 bits per heavy atom. The van der Waals surface area contributed by atoms with Crippen molar-refractivity contribution in [2.24, 2.45) is 0 Å². The van der Waals surface area contributed by atoms with Crippen LogP contribution in [0.25, 0.3) is 0 Å². The number of anilines is 4. The van der Waals surface area contributed by atoms with Gasteiger partial charge in [0.25, 0.3) is 5.91 Å². The van der Waals surface area contributed by atoms with Crippen LogP contribution in [0.5, 0.6) is 0 Å². The van der Waals surface area contributed by atoms with E-state index in [2.05, 4.69) is 37.6 Å². The molecule has 1 fully saturated rings. The van der Waals surface area contributed by atoms with E-state index in [1.807, 2.05) is 12.1 Å². The van der Waals surface area contributed by atoms with Crippen LogP contribution in [0.4, 0.5) is 27.3 Å². The molecule has 6 nitrogen and oxygen atoms in total. The van der Waals surface area contributed by atoms with Gasteiger partial charge in [0.15, 0.2) is 0 Å². The maximum atomic E-state index is 13.0. The van der Waals surface area contributed by atoms with Crippen LogP contribution in [-0.2, 0) is 0 Å². The summed E-state index contributed by atoms with van der Waals surface area (Å²) in [6.07, 6.45) is 5.12. The smallest absolute Gasteiger partial charge is 0.274 e. The minimum Gasteiger partial charge on any atom is -0.372 e. The van der Waals surface area contributed by atoms with E-state index in [0.717, 1.165) is 18.8 Å². The Morgan fingerprint density at radius 3 is 2.31 bits per heavy atom. The summed E-state index contributed by atoms with van der Waals surface area (Å²) in [4.78, 5) is 23.0. The average molecular weight is 391 g/mol. The van der Waals surface area contributed by atoms with E-state index >= 15 is 0 Å². The highest BCUT2D eigenvalue weighted by molar-refractivity contribution is 6.03. The summed E-state index contributed by atoms with van der Waals surface area (Å²) in [5.41, 5.74) is 2.82. The third-order valence-electron chi connectivity index (χ3n) is 4.86. The van der Waals surface area contributed by atoms with E-state index in [-0.39, 0.29) is 17.4 Å². The number of carbonyl (C=O) groups is 1. The third kappa shape index (κ3) is 4.87. The van der Waals surface area contributed by atoms with E-state index in [4.69, 9.17) is 0 Å². The van der Waals surface area contributed by atoms with Crippen LogP contribution in [-0.4, -0.2) is 29.0 Å². The van der Waals surface area contributed by atoms with Crippen LogP contribution in [0.15, 0.2) is 60.9 Å². The molecule has 0 aliphatic carbocycles. The molecule has 1 aliphatic rings. The van der Waals surface area contributed by atoms with Crippen LogP contribution in [0.1, 0.15) is 29.8 Å². The first kappa shape index (κ1) is 18.9. The van der Waals surface area contributed by atoms with Gasteiger partial charge in [0.2, 0.25) is 0 Å². The van der Waals surface area contributed by atoms with Gasteiger partial charge in [-0.2, -0.15) is 0 Å². The van der Waals surface area contributed by atoms with Crippen molar-refractivity contribution >= 4 is 28.8 Å². The summed E-state index contributed by atoms with van der Waals surface area (Å²) in [6, 6.07) is 15.3. The maximum absolute atomic E-state index is 13.0. The van der Waals surface area contributed by atoms with Crippen molar-refractivity contribution in [3.8, 4) is 0 Å². The van der Waals surface area contributed by atoms with Gasteiger partial charge in [-0.3, -0.25) is 4.79 Å². The van der Waals surface area contributed by atoms with Crippen molar-refractivity contribution in [2.45, 2.75) is 19.3 Å². The van der Waals surface area contributed by atoms with Crippen molar-refractivity contribution in [3.05, 3.63) is 72.4 Å². The van der Waals surface area contributed by atoms with Gasteiger partial charge in [0.05, 0.1) is 0 Å². The van der Waals surface area contributed by atoms with E-state index in [0.29, 0.717) is 11.5 Å². The molecular weight excluding hydrogens is 369 g/mol. The molecule has 148 valence electrons. The maximum Gasteiger partial charge on any atom is 0.274 e. The fourth-order valence-corrected chi connectivity index (χ4v) is 3.33. The van der Waals surface area contributed by atoms with Gasteiger partial charge in [-0.05, 0) is 67.8 Å². The zero-order valence-corrected chi connectivity index (χ0v) is 15.9. The zero-order valence-electron chi connectivity index (χ0n) is 15.9. The van der Waals surface area contributed by atoms with E-state index in [1.165, 1.54) is 55.5 Å². The van der Waals surface area contributed by atoms with E-state index in [1.54, 1.807) is 6.07 Å². The Hall–Kier alpha value is -3.48. The number of nitrogens with one attached hydrogen (secondary N) is 2. The molecule has 2 N–H and O–H groups in total. The highest BCUT2D eigenvalue weighted by Crippen LogP contribution is 2.23. The van der Waals surface area contributed by atoms with Gasteiger partial charge in [-0.25, -0.2) is 14.4 Å². The van der Waals surface area contributed by atoms with Gasteiger partial charge in [0.1, 0.15) is 23.7 Å². The lowest BCUT2D eigenvalue weighted by Gasteiger charge is -2.28. The minimum atomic E-state index is -0.387. The molecule has 0 radical (unpaired) electrons. The number of aromatic nitrogens is 2. The number of halogens is 1. The zero-order chi connectivity index (χ0) is 20.1. The molecule has 4 rings (SSSR count). The van der Waals surface area contributed by atoms with Crippen LogP contribution in [0.2, 0.25) is 0 Å². The number of hydrogen-bond donors (Lipinski definition) is 2. The molecule has 3 aromatic rings. The molecule has 2 aromatic carbocycles. The Labute approximate surface area is 168 Å². The molecule has 29 heavy (non-hydrogen) atoms. The van der Waals surface area contributed by atoms with Gasteiger partial charge >= 0.3 is 0 Å². The molecule has 0 unspecified atom stereocenters. The van der Waals surface area contributed by atoms with Crippen molar-refractivity contribution in [3.63, 3.8) is 0 Å². The molecule has 1 saturated heterocycles. The molecule has 1 aromatic heterocycles. The number of piperidine rings is 1. The van der Waals surface area contributed by atoms with Gasteiger partial charge in [-0.15, -0.1) is 0 Å². The Balaban J connectivity index is 1.41. The first-order valence-electron chi connectivity index (χ1n) is 9.68. The lowest BCUT2D eigenvalue weighted by Crippen LogP contribution is -2.29. The number of hydrogen-bond acceptors (Lipinski definition) is 5. The van der Waals surface area contributed by atoms with Crippen molar-refractivity contribution in [1.82, 2.24) is 9.97 Å². The first-order chi connectivity index (χ1) is 14.2. The lowest BCUT2D eigenvalue weighted by molar-refractivity contribution is 0.102. The second-order valence-electron chi connectivity index (χ2n) is 6.97. The predicted octanol–water partition coefficient (Wildman–Crippen LogP) is 4.60. The van der Waals surface area contributed by atoms with Crippen LogP contribution in [0.3, 0.4) is 0 Å². The summed E-state index contributed by atoms with van der Waals surface area (Å²) in [5, 5.41) is 5.89. The molecule has 0 spiro atoms. The van der Waals surface area contributed by atoms with Crippen molar-refractivity contribution in [1.29, 1.82) is 0 Å². The quantitative estimate of drug-likeness (QED) is 0.665. The normalized spacial score (nSPS) is 13.8. The number of rotatable bonds is 5. The predicted molar refractivity (Wildman–Crippen MR) is 112 cm³/mol. The van der Waals surface area contributed by atoms with Crippen LogP contribution < -0.4 is 15.5 Å². The molecule has 0 bridgehead atoms. The fraction of sp³-hybridized carbons (Fsp3) is 0.227. The Morgan fingerprint density at radius 1 is 0.897 bits per heavy atom. The molecule has 7 heteroatoms. The fourth-order valence-electron chi connectivity index (χ4n) is 3.33. The van der Waals surface area contributed by atoms with Crippen molar-refractivity contribution in [2.75, 3.05) is 28.6 Å². The number of nitrogens with zero attached hydrogens (tertiary/aromatic N) is 3. The summed E-state index contributed by atoms with van der Waals surface area (Å²) in [5.74, 6) is -0.222. The average Bonchev–Trinajstić information content (AvgIpc) is 2.77. The Kier molecular flexibility index (Phi) is 5.65. The molecule has 2 heterocycles. The summed E-state index contributed by atoms with van der Waals surface area (Å²) in [6.45, 7) is 2.20. The topological polar surface area (TPSA) is 70.2 Å². The second-order valence-corrected chi connectivity index (χ2v) is 6.97. The third-order valence-corrected chi connectivity index (χ3v) is 4.86. The van der Waals surface area contributed by atoms with E-state index in [9.17, 15) is 9.18 Å². The molecule has 0 atom stereocenters. The lowest BCUT2D eigenvalue weighted by atomic mass is 10.1. The van der Waals surface area contributed by atoms with Gasteiger partial charge < -0.3 is 15.5 Å². The highest BCUT2D eigenvalue weighted by atomic mass is 19.1. The first-order valence-corrected chi connectivity index (χ1v) is 9.68. The largest absolute Gasteiger partial charge is 0.372 e. The molecule has 1 amide bonds. The molecule has 1 aliphatic heterocycles. The van der Waals surface area contributed by atoms with Crippen LogP contribution >= 0.6 is 0 Å². The second kappa shape index (κ2) is 8.68. The number of carbonyl (C=O) groups excluding carboxylic acids is 1. The molecule has 0 saturated carbocycles. The monoisotopic (exact) mass is 391 g/mol. The summed E-state index contributed by atoms with van der Waals surface area (Å²) < 4.78 is 13.0. The number of benzene rings is 2.